The molecule has 25 heavy (non-hydrogen) atoms. The van der Waals surface area contributed by atoms with Crippen molar-refractivity contribution in [1.82, 2.24) is 5.32 Å². The van der Waals surface area contributed by atoms with Crippen LogP contribution in [0, 0.1) is 11.6 Å². The highest BCUT2D eigenvalue weighted by Crippen LogP contribution is 2.34. The minimum absolute atomic E-state index is 0.0825. The van der Waals surface area contributed by atoms with E-state index in [0.717, 1.165) is 11.8 Å². The third-order valence-electron chi connectivity index (χ3n) is 3.45. The maximum atomic E-state index is 13.8. The van der Waals surface area contributed by atoms with Crippen molar-refractivity contribution in [1.29, 1.82) is 0 Å². The first-order valence-electron chi connectivity index (χ1n) is 7.64. The van der Waals surface area contributed by atoms with Crippen LogP contribution in [-0.4, -0.2) is 17.2 Å². The van der Waals surface area contributed by atoms with Crippen LogP contribution in [0.2, 0.25) is 0 Å². The van der Waals surface area contributed by atoms with Gasteiger partial charge in [0.25, 0.3) is 0 Å². The molecule has 7 heteroatoms. The lowest BCUT2D eigenvalue weighted by Crippen LogP contribution is -2.39. The number of hydrogen-bond donors (Lipinski definition) is 2. The van der Waals surface area contributed by atoms with Gasteiger partial charge in [0.15, 0.2) is 0 Å². The summed E-state index contributed by atoms with van der Waals surface area (Å²) in [5.74, 6) is -1.86. The number of para-hydroxylation sites is 1. The molecular weight excluding hydrogens is 346 g/mol. The van der Waals surface area contributed by atoms with Gasteiger partial charge >= 0.3 is 6.03 Å². The fourth-order valence-corrected chi connectivity index (χ4v) is 3.39. The summed E-state index contributed by atoms with van der Waals surface area (Å²) in [6, 6.07) is 11.7. The zero-order valence-corrected chi connectivity index (χ0v) is 14.6. The van der Waals surface area contributed by atoms with Crippen LogP contribution in [0.3, 0.4) is 0 Å². The maximum absolute atomic E-state index is 13.8. The van der Waals surface area contributed by atoms with Gasteiger partial charge in [-0.3, -0.25) is 10.1 Å². The second-order valence-corrected chi connectivity index (χ2v) is 7.05. The Morgan fingerprint density at radius 3 is 2.16 bits per heavy atom. The van der Waals surface area contributed by atoms with Crippen LogP contribution in [-0.2, 0) is 4.79 Å². The Bertz CT molecular complexity index is 736. The van der Waals surface area contributed by atoms with E-state index in [9.17, 15) is 18.4 Å². The van der Waals surface area contributed by atoms with Crippen LogP contribution >= 0.6 is 11.8 Å². The number of nitrogens with one attached hydrogen (secondary N) is 2. The van der Waals surface area contributed by atoms with Gasteiger partial charge < -0.3 is 5.32 Å². The lowest BCUT2D eigenvalue weighted by atomic mass is 10.1. The molecule has 0 heterocycles. The number of hydrogen-bond acceptors (Lipinski definition) is 3. The first-order valence-corrected chi connectivity index (χ1v) is 8.59. The predicted molar refractivity (Wildman–Crippen MR) is 95.4 cm³/mol. The molecular formula is C18H18F2N2O2S. The average Bonchev–Trinajstić information content (AvgIpc) is 2.55. The van der Waals surface area contributed by atoms with Crippen LogP contribution in [0.4, 0.5) is 19.3 Å². The highest BCUT2D eigenvalue weighted by atomic mass is 32.2. The minimum Gasteiger partial charge on any atom is -0.308 e. The summed E-state index contributed by atoms with van der Waals surface area (Å²) in [7, 11) is 0. The number of benzene rings is 2. The normalized spacial score (nSPS) is 13.0. The molecule has 2 atom stereocenters. The highest BCUT2D eigenvalue weighted by Gasteiger charge is 2.23. The van der Waals surface area contributed by atoms with Gasteiger partial charge in [0.2, 0.25) is 5.91 Å². The Morgan fingerprint density at radius 1 is 0.960 bits per heavy atom. The quantitative estimate of drug-likeness (QED) is 0.821. The SMILES string of the molecule is CC(SC(C)c1c(F)cccc1F)C(=O)NC(=O)Nc1ccccc1. The van der Waals surface area contributed by atoms with Gasteiger partial charge in [-0.15, -0.1) is 11.8 Å². The number of urea groups is 1. The fourth-order valence-electron chi connectivity index (χ4n) is 2.23. The molecule has 0 aliphatic carbocycles. The molecule has 0 aliphatic rings. The van der Waals surface area contributed by atoms with Gasteiger partial charge in [-0.05, 0) is 38.1 Å². The molecule has 0 saturated heterocycles. The van der Waals surface area contributed by atoms with Gasteiger partial charge in [0.1, 0.15) is 11.6 Å². The molecule has 3 amide bonds. The second kappa shape index (κ2) is 8.62. The molecule has 2 aromatic rings. The number of imide groups is 1. The summed E-state index contributed by atoms with van der Waals surface area (Å²) in [5.41, 5.74) is 0.468. The van der Waals surface area contributed by atoms with Crippen molar-refractivity contribution in [2.24, 2.45) is 0 Å². The summed E-state index contributed by atoms with van der Waals surface area (Å²) >= 11 is 1.07. The molecule has 2 aromatic carbocycles. The first-order chi connectivity index (χ1) is 11.9. The number of carbonyl (C=O) groups excluding carboxylic acids is 2. The van der Waals surface area contributed by atoms with E-state index in [4.69, 9.17) is 0 Å². The largest absolute Gasteiger partial charge is 0.325 e. The van der Waals surface area contributed by atoms with Crippen molar-refractivity contribution in [3.63, 3.8) is 0 Å². The van der Waals surface area contributed by atoms with Crippen LogP contribution in [0.1, 0.15) is 24.7 Å². The highest BCUT2D eigenvalue weighted by molar-refractivity contribution is 8.00. The molecule has 132 valence electrons. The van der Waals surface area contributed by atoms with Crippen molar-refractivity contribution in [2.75, 3.05) is 5.32 Å². The zero-order chi connectivity index (χ0) is 18.4. The van der Waals surface area contributed by atoms with Gasteiger partial charge in [-0.2, -0.15) is 0 Å². The van der Waals surface area contributed by atoms with E-state index in [2.05, 4.69) is 10.6 Å². The summed E-state index contributed by atoms with van der Waals surface area (Å²) in [4.78, 5) is 23.9. The number of thioether (sulfide) groups is 1. The Balaban J connectivity index is 1.92. The van der Waals surface area contributed by atoms with Gasteiger partial charge in [-0.1, -0.05) is 24.3 Å². The summed E-state index contributed by atoms with van der Waals surface area (Å²) < 4.78 is 27.6. The van der Waals surface area contributed by atoms with Crippen LogP contribution < -0.4 is 10.6 Å². The Kier molecular flexibility index (Phi) is 6.52. The lowest BCUT2D eigenvalue weighted by Gasteiger charge is -2.18. The molecule has 2 rings (SSSR count). The predicted octanol–water partition coefficient (Wildman–Crippen LogP) is 4.50. The second-order valence-electron chi connectivity index (χ2n) is 5.37. The van der Waals surface area contributed by atoms with Crippen molar-refractivity contribution in [3.8, 4) is 0 Å². The number of halogens is 2. The van der Waals surface area contributed by atoms with Crippen molar-refractivity contribution < 1.29 is 18.4 Å². The van der Waals surface area contributed by atoms with Gasteiger partial charge in [0.05, 0.1) is 5.25 Å². The zero-order valence-electron chi connectivity index (χ0n) is 13.8. The smallest absolute Gasteiger partial charge is 0.308 e. The minimum atomic E-state index is -0.671. The monoisotopic (exact) mass is 364 g/mol. The Labute approximate surface area is 149 Å². The number of amides is 3. The fraction of sp³-hybridized carbons (Fsp3) is 0.222. The molecule has 0 bridgehead atoms. The molecule has 2 N–H and O–H groups in total. The summed E-state index contributed by atoms with van der Waals surface area (Å²) in [6.07, 6.45) is 0. The van der Waals surface area contributed by atoms with Gasteiger partial charge in [-0.25, -0.2) is 13.6 Å². The first kappa shape index (κ1) is 18.9. The average molecular weight is 364 g/mol. The van der Waals surface area contributed by atoms with E-state index in [1.54, 1.807) is 44.2 Å². The molecule has 0 spiro atoms. The van der Waals surface area contributed by atoms with E-state index in [1.807, 2.05) is 0 Å². The molecule has 0 saturated carbocycles. The summed E-state index contributed by atoms with van der Waals surface area (Å²) in [6.45, 7) is 3.19. The molecule has 4 nitrogen and oxygen atoms in total. The van der Waals surface area contributed by atoms with E-state index in [0.29, 0.717) is 5.69 Å². The van der Waals surface area contributed by atoms with E-state index in [1.165, 1.54) is 18.2 Å². The Hall–Kier alpha value is -2.41. The summed E-state index contributed by atoms with van der Waals surface area (Å²) in [5, 5.41) is 3.49. The maximum Gasteiger partial charge on any atom is 0.325 e. The lowest BCUT2D eigenvalue weighted by molar-refractivity contribution is -0.119. The number of anilines is 1. The van der Waals surface area contributed by atoms with Crippen LogP contribution in [0.25, 0.3) is 0 Å². The van der Waals surface area contributed by atoms with Crippen molar-refractivity contribution >= 4 is 29.4 Å². The topological polar surface area (TPSA) is 58.2 Å². The van der Waals surface area contributed by atoms with E-state index >= 15 is 0 Å². The standard InChI is InChI=1S/C18H18F2N2O2S/c1-11(16-14(19)9-6-10-15(16)20)25-12(2)17(23)22-18(24)21-13-7-4-3-5-8-13/h3-12H,1-2H3,(H2,21,22,23,24). The van der Waals surface area contributed by atoms with E-state index < -0.39 is 34.1 Å². The van der Waals surface area contributed by atoms with Crippen LogP contribution in [0.15, 0.2) is 48.5 Å². The molecule has 0 fully saturated rings. The van der Waals surface area contributed by atoms with Crippen molar-refractivity contribution in [2.45, 2.75) is 24.3 Å². The molecule has 0 radical (unpaired) electrons. The molecule has 2 unspecified atom stereocenters. The van der Waals surface area contributed by atoms with Crippen LogP contribution in [0.5, 0.6) is 0 Å². The third-order valence-corrected chi connectivity index (χ3v) is 4.72. The van der Waals surface area contributed by atoms with Crippen molar-refractivity contribution in [3.05, 3.63) is 65.7 Å². The number of rotatable bonds is 5. The third kappa shape index (κ3) is 5.29. The number of carbonyl (C=O) groups is 2. The van der Waals surface area contributed by atoms with Gasteiger partial charge in [0, 0.05) is 16.5 Å². The Morgan fingerprint density at radius 2 is 1.56 bits per heavy atom. The molecule has 0 aromatic heterocycles. The molecule has 0 aliphatic heterocycles. The van der Waals surface area contributed by atoms with E-state index in [-0.39, 0.29) is 5.56 Å².